The molecule has 4 heteroatoms. The molecule has 0 radical (unpaired) electrons. The molecule has 34 heavy (non-hydrogen) atoms. The van der Waals surface area contributed by atoms with Crippen molar-refractivity contribution < 1.29 is 19.7 Å². The van der Waals surface area contributed by atoms with Gasteiger partial charge in [0.15, 0.2) is 0 Å². The largest absolute Gasteiger partial charge is 0.390 e. The quantitative estimate of drug-likeness (QED) is 0.163. The monoisotopic (exact) mass is 482 g/mol. The van der Waals surface area contributed by atoms with Gasteiger partial charge in [-0.25, -0.2) is 0 Å². The number of hydrogen-bond donors (Lipinski definition) is 2. The van der Waals surface area contributed by atoms with Crippen LogP contribution in [0.5, 0.6) is 0 Å². The first kappa shape index (κ1) is 30.1. The molecule has 2 fully saturated rings. The number of hydrogen-bond acceptors (Lipinski definition) is 4. The molecule has 0 aromatic carbocycles. The Morgan fingerprint density at radius 3 is 1.18 bits per heavy atom. The van der Waals surface area contributed by atoms with Gasteiger partial charge in [-0.05, 0) is 38.5 Å². The summed E-state index contributed by atoms with van der Waals surface area (Å²) in [4.78, 5) is 0. The van der Waals surface area contributed by atoms with Crippen LogP contribution in [0.15, 0.2) is 0 Å². The predicted molar refractivity (Wildman–Crippen MR) is 142 cm³/mol. The third-order valence-corrected chi connectivity index (χ3v) is 8.15. The Morgan fingerprint density at radius 2 is 0.824 bits per heavy atom. The van der Waals surface area contributed by atoms with Crippen LogP contribution in [-0.4, -0.2) is 46.8 Å². The zero-order valence-corrected chi connectivity index (χ0v) is 22.7. The number of aliphatic hydroxyl groups is 2. The molecule has 0 spiro atoms. The van der Waals surface area contributed by atoms with Gasteiger partial charge in [-0.2, -0.15) is 0 Å². The fourth-order valence-electron chi connectivity index (χ4n) is 5.84. The van der Waals surface area contributed by atoms with Gasteiger partial charge in [-0.3, -0.25) is 0 Å². The van der Waals surface area contributed by atoms with Crippen LogP contribution in [0.25, 0.3) is 0 Å². The molecule has 0 aromatic rings. The minimum absolute atomic E-state index is 0.0283. The lowest BCUT2D eigenvalue weighted by molar-refractivity contribution is -0.110. The summed E-state index contributed by atoms with van der Waals surface area (Å²) in [6.07, 6.45) is 25.7. The summed E-state index contributed by atoms with van der Waals surface area (Å²) in [7, 11) is 0. The molecule has 2 saturated heterocycles. The van der Waals surface area contributed by atoms with Crippen molar-refractivity contribution in [3.8, 4) is 0 Å². The second kappa shape index (κ2) is 19.0. The maximum atomic E-state index is 10.6. The van der Waals surface area contributed by atoms with E-state index in [1.165, 1.54) is 89.9 Å². The highest BCUT2D eigenvalue weighted by atomic mass is 16.6. The molecule has 2 aliphatic rings. The minimum Gasteiger partial charge on any atom is -0.390 e. The zero-order valence-electron chi connectivity index (χ0n) is 22.7. The van der Waals surface area contributed by atoms with Gasteiger partial charge in [0, 0.05) is 0 Å². The minimum atomic E-state index is -0.338. The molecule has 0 saturated carbocycles. The third-order valence-electron chi connectivity index (χ3n) is 8.15. The summed E-state index contributed by atoms with van der Waals surface area (Å²) < 4.78 is 12.5. The van der Waals surface area contributed by atoms with Crippen LogP contribution in [0.4, 0.5) is 0 Å². The summed E-state index contributed by atoms with van der Waals surface area (Å²) >= 11 is 0. The Balaban J connectivity index is 1.51. The van der Waals surface area contributed by atoms with Crippen molar-refractivity contribution >= 4 is 0 Å². The Morgan fingerprint density at radius 1 is 0.500 bits per heavy atom. The maximum absolute atomic E-state index is 10.6. The molecule has 2 aliphatic heterocycles. The van der Waals surface area contributed by atoms with Gasteiger partial charge in [-0.1, -0.05) is 117 Å². The van der Waals surface area contributed by atoms with Crippen molar-refractivity contribution in [1.82, 2.24) is 0 Å². The topological polar surface area (TPSA) is 58.9 Å². The summed E-state index contributed by atoms with van der Waals surface area (Å²) in [5.74, 6) is 0. The van der Waals surface area contributed by atoms with E-state index in [-0.39, 0.29) is 36.6 Å². The van der Waals surface area contributed by atoms with Gasteiger partial charge in [0.2, 0.25) is 0 Å². The van der Waals surface area contributed by atoms with Crippen molar-refractivity contribution in [2.45, 2.75) is 192 Å². The fraction of sp³-hybridized carbons (Fsp3) is 1.00. The molecule has 0 aliphatic carbocycles. The van der Waals surface area contributed by atoms with Gasteiger partial charge in [0.05, 0.1) is 36.6 Å². The van der Waals surface area contributed by atoms with Crippen molar-refractivity contribution in [2.75, 3.05) is 0 Å². The number of ether oxygens (including phenoxy) is 2. The molecular formula is C30H58O4. The molecule has 2 heterocycles. The lowest BCUT2D eigenvalue weighted by Crippen LogP contribution is -2.33. The Hall–Kier alpha value is -0.160. The summed E-state index contributed by atoms with van der Waals surface area (Å²) in [5.41, 5.74) is 0. The molecule has 0 bridgehead atoms. The summed E-state index contributed by atoms with van der Waals surface area (Å²) in [6, 6.07) is 0. The lowest BCUT2D eigenvalue weighted by atomic mass is 10.0. The van der Waals surface area contributed by atoms with Crippen molar-refractivity contribution in [3.05, 3.63) is 0 Å². The number of unbranched alkanes of at least 4 members (excludes halogenated alkanes) is 14. The van der Waals surface area contributed by atoms with Gasteiger partial charge >= 0.3 is 0 Å². The second-order valence-electron chi connectivity index (χ2n) is 11.2. The van der Waals surface area contributed by atoms with Crippen LogP contribution >= 0.6 is 0 Å². The van der Waals surface area contributed by atoms with Gasteiger partial charge in [-0.15, -0.1) is 0 Å². The Kier molecular flexibility index (Phi) is 16.8. The normalized spacial score (nSPS) is 26.8. The zero-order chi connectivity index (χ0) is 24.4. The van der Waals surface area contributed by atoms with E-state index in [4.69, 9.17) is 9.47 Å². The standard InChI is InChI=1S/C30H58O4/c1-3-5-7-9-11-13-15-17-19-25(31)27-21-23-29(33-27)30-24-22-28(34-30)26(32)20-18-16-14-12-10-8-6-4-2/h25-32H,3-24H2,1-2H3/t25-,26-,27-,28-,29-,30+/m1/s1. The van der Waals surface area contributed by atoms with Crippen LogP contribution in [0.3, 0.4) is 0 Å². The molecule has 0 amide bonds. The Labute approximate surface area is 211 Å². The average molecular weight is 483 g/mol. The SMILES string of the molecule is CCCCCCCCCC[C@@H](O)[C@H]1CC[C@@H]([C@H]2CC[C@H]([C@H](O)CCCCCCCCCC)O2)O1. The van der Waals surface area contributed by atoms with Gasteiger partial charge < -0.3 is 19.7 Å². The molecule has 6 atom stereocenters. The predicted octanol–water partition coefficient (Wildman–Crippen LogP) is 7.87. The first-order chi connectivity index (χ1) is 16.7. The third kappa shape index (κ3) is 12.2. The smallest absolute Gasteiger partial charge is 0.0842 e. The highest BCUT2D eigenvalue weighted by molar-refractivity contribution is 4.89. The maximum Gasteiger partial charge on any atom is 0.0842 e. The average Bonchev–Trinajstić information content (AvgIpc) is 3.52. The van der Waals surface area contributed by atoms with Gasteiger partial charge in [0.1, 0.15) is 0 Å². The second-order valence-corrected chi connectivity index (χ2v) is 11.2. The van der Waals surface area contributed by atoms with Crippen LogP contribution in [0.2, 0.25) is 0 Å². The molecule has 202 valence electrons. The van der Waals surface area contributed by atoms with E-state index in [0.29, 0.717) is 0 Å². The number of aliphatic hydroxyl groups excluding tert-OH is 2. The first-order valence-electron chi connectivity index (χ1n) is 15.3. The van der Waals surface area contributed by atoms with E-state index in [0.717, 1.165) is 51.4 Å². The van der Waals surface area contributed by atoms with Gasteiger partial charge in [0.25, 0.3) is 0 Å². The molecule has 0 unspecified atom stereocenters. The van der Waals surface area contributed by atoms with Crippen molar-refractivity contribution in [2.24, 2.45) is 0 Å². The first-order valence-corrected chi connectivity index (χ1v) is 15.3. The van der Waals surface area contributed by atoms with E-state index in [1.807, 2.05) is 0 Å². The van der Waals surface area contributed by atoms with Crippen LogP contribution in [-0.2, 0) is 9.47 Å². The van der Waals surface area contributed by atoms with Crippen LogP contribution < -0.4 is 0 Å². The molecule has 2 rings (SSSR count). The highest BCUT2D eigenvalue weighted by Crippen LogP contribution is 2.34. The van der Waals surface area contributed by atoms with Crippen molar-refractivity contribution in [1.29, 1.82) is 0 Å². The molecule has 4 nitrogen and oxygen atoms in total. The summed E-state index contributed by atoms with van der Waals surface area (Å²) in [5, 5.41) is 21.2. The van der Waals surface area contributed by atoms with E-state index in [9.17, 15) is 10.2 Å². The van der Waals surface area contributed by atoms with E-state index in [1.54, 1.807) is 0 Å². The van der Waals surface area contributed by atoms with E-state index in [2.05, 4.69) is 13.8 Å². The molecule has 0 aromatic heterocycles. The van der Waals surface area contributed by atoms with E-state index >= 15 is 0 Å². The Bertz CT molecular complexity index is 429. The lowest BCUT2D eigenvalue weighted by Gasteiger charge is -2.24. The summed E-state index contributed by atoms with van der Waals surface area (Å²) in [6.45, 7) is 4.52. The molecule has 2 N–H and O–H groups in total. The number of rotatable bonds is 21. The van der Waals surface area contributed by atoms with E-state index < -0.39 is 0 Å². The molecular weight excluding hydrogens is 424 g/mol. The van der Waals surface area contributed by atoms with Crippen LogP contribution in [0, 0.1) is 0 Å². The van der Waals surface area contributed by atoms with Crippen molar-refractivity contribution in [3.63, 3.8) is 0 Å². The fourth-order valence-corrected chi connectivity index (χ4v) is 5.84. The van der Waals surface area contributed by atoms with Crippen LogP contribution in [0.1, 0.15) is 155 Å². The highest BCUT2D eigenvalue weighted by Gasteiger charge is 2.40.